The van der Waals surface area contributed by atoms with Crippen LogP contribution in [0.1, 0.15) is 11.1 Å². The van der Waals surface area contributed by atoms with E-state index in [9.17, 15) is 9.18 Å². The summed E-state index contributed by atoms with van der Waals surface area (Å²) in [5, 5.41) is 3.04. The van der Waals surface area contributed by atoms with Gasteiger partial charge >= 0.3 is 0 Å². The van der Waals surface area contributed by atoms with Crippen LogP contribution in [0.15, 0.2) is 73.1 Å². The molecular formula is C24H24FN3O. The molecule has 148 valence electrons. The summed E-state index contributed by atoms with van der Waals surface area (Å²) < 4.78 is 13.2. The molecule has 1 aliphatic heterocycles. The minimum Gasteiger partial charge on any atom is -0.355 e. The fraction of sp³-hybridized carbons (Fsp3) is 0.250. The zero-order valence-corrected chi connectivity index (χ0v) is 16.2. The maximum absolute atomic E-state index is 13.2. The van der Waals surface area contributed by atoms with Crippen molar-refractivity contribution in [2.24, 2.45) is 5.92 Å². The van der Waals surface area contributed by atoms with Crippen LogP contribution < -0.4 is 5.32 Å². The molecule has 3 aromatic rings. The summed E-state index contributed by atoms with van der Waals surface area (Å²) >= 11 is 0. The fourth-order valence-electron chi connectivity index (χ4n) is 3.81. The molecule has 0 saturated carbocycles. The van der Waals surface area contributed by atoms with E-state index in [1.165, 1.54) is 12.1 Å². The SMILES string of the molecule is O=C1NCCN(Cc2ccc(F)cc2)CC1Cc1cccc(-c2cccnc2)c1. The van der Waals surface area contributed by atoms with Crippen molar-refractivity contribution in [2.75, 3.05) is 19.6 Å². The van der Waals surface area contributed by atoms with Gasteiger partial charge in [-0.3, -0.25) is 14.7 Å². The van der Waals surface area contributed by atoms with Crippen LogP contribution in [0.4, 0.5) is 4.39 Å². The Hall–Kier alpha value is -3.05. The molecule has 1 saturated heterocycles. The quantitative estimate of drug-likeness (QED) is 0.724. The summed E-state index contributed by atoms with van der Waals surface area (Å²) in [7, 11) is 0. The third-order valence-electron chi connectivity index (χ3n) is 5.30. The summed E-state index contributed by atoms with van der Waals surface area (Å²) in [6, 6.07) is 18.8. The van der Waals surface area contributed by atoms with Gasteiger partial charge in [0.1, 0.15) is 5.82 Å². The van der Waals surface area contributed by atoms with E-state index in [0.29, 0.717) is 26.1 Å². The molecule has 4 nitrogen and oxygen atoms in total. The Morgan fingerprint density at radius 2 is 1.86 bits per heavy atom. The number of pyridine rings is 1. The first-order valence-corrected chi connectivity index (χ1v) is 9.91. The molecule has 2 heterocycles. The van der Waals surface area contributed by atoms with Gasteiger partial charge in [0, 0.05) is 38.6 Å². The molecule has 1 unspecified atom stereocenters. The molecule has 1 aromatic heterocycles. The molecule has 0 aliphatic carbocycles. The van der Waals surface area contributed by atoms with Crippen molar-refractivity contribution >= 4 is 5.91 Å². The Morgan fingerprint density at radius 1 is 1.03 bits per heavy atom. The molecule has 4 rings (SSSR count). The van der Waals surface area contributed by atoms with E-state index in [-0.39, 0.29) is 17.6 Å². The standard InChI is InChI=1S/C24H24FN3O/c25-23-8-6-18(7-9-23)16-28-12-11-27-24(29)22(17-28)14-19-3-1-4-20(13-19)21-5-2-10-26-15-21/h1-10,13,15,22H,11-12,14,16-17H2,(H,27,29). The van der Waals surface area contributed by atoms with Crippen LogP contribution in [-0.4, -0.2) is 35.4 Å². The molecular weight excluding hydrogens is 365 g/mol. The first-order chi connectivity index (χ1) is 14.2. The van der Waals surface area contributed by atoms with Crippen molar-refractivity contribution < 1.29 is 9.18 Å². The largest absolute Gasteiger partial charge is 0.355 e. The highest BCUT2D eigenvalue weighted by molar-refractivity contribution is 5.79. The molecule has 1 fully saturated rings. The Bertz CT molecular complexity index is 959. The Morgan fingerprint density at radius 3 is 2.66 bits per heavy atom. The number of carbonyl (C=O) groups excluding carboxylic acids is 1. The molecule has 0 spiro atoms. The molecule has 0 radical (unpaired) electrons. The van der Waals surface area contributed by atoms with Crippen molar-refractivity contribution in [3.05, 3.63) is 90.0 Å². The lowest BCUT2D eigenvalue weighted by atomic mass is 9.95. The normalized spacial score (nSPS) is 17.6. The summed E-state index contributed by atoms with van der Waals surface area (Å²) in [5.41, 5.74) is 4.36. The number of aromatic nitrogens is 1. The smallest absolute Gasteiger partial charge is 0.224 e. The van der Waals surface area contributed by atoms with Crippen molar-refractivity contribution in [1.29, 1.82) is 0 Å². The average molecular weight is 389 g/mol. The van der Waals surface area contributed by atoms with Crippen LogP contribution in [0.5, 0.6) is 0 Å². The molecule has 0 bridgehead atoms. The van der Waals surface area contributed by atoms with Gasteiger partial charge in [-0.05, 0) is 46.9 Å². The third kappa shape index (κ3) is 5.06. The maximum Gasteiger partial charge on any atom is 0.224 e. The van der Waals surface area contributed by atoms with Crippen molar-refractivity contribution in [3.63, 3.8) is 0 Å². The second kappa shape index (κ2) is 8.97. The van der Waals surface area contributed by atoms with Gasteiger partial charge in [-0.1, -0.05) is 42.5 Å². The lowest BCUT2D eigenvalue weighted by Gasteiger charge is -2.23. The van der Waals surface area contributed by atoms with E-state index >= 15 is 0 Å². The Labute approximate surface area is 170 Å². The van der Waals surface area contributed by atoms with Gasteiger partial charge < -0.3 is 5.32 Å². The van der Waals surface area contributed by atoms with E-state index < -0.39 is 0 Å². The van der Waals surface area contributed by atoms with Gasteiger partial charge in [0.15, 0.2) is 0 Å². The van der Waals surface area contributed by atoms with E-state index in [0.717, 1.165) is 28.8 Å². The van der Waals surface area contributed by atoms with Gasteiger partial charge in [-0.25, -0.2) is 4.39 Å². The number of hydrogen-bond acceptors (Lipinski definition) is 3. The number of amides is 1. The number of halogens is 1. The minimum atomic E-state index is -0.229. The highest BCUT2D eigenvalue weighted by atomic mass is 19.1. The Kier molecular flexibility index (Phi) is 5.96. The second-order valence-corrected chi connectivity index (χ2v) is 7.50. The number of carbonyl (C=O) groups is 1. The van der Waals surface area contributed by atoms with E-state index in [1.54, 1.807) is 6.20 Å². The number of nitrogens with zero attached hydrogens (tertiary/aromatic N) is 2. The first kappa shape index (κ1) is 19.3. The average Bonchev–Trinajstić information content (AvgIpc) is 2.92. The third-order valence-corrected chi connectivity index (χ3v) is 5.30. The summed E-state index contributed by atoms with van der Waals surface area (Å²) in [6.07, 6.45) is 4.29. The van der Waals surface area contributed by atoms with Gasteiger partial charge in [0.05, 0.1) is 5.92 Å². The summed E-state index contributed by atoms with van der Waals surface area (Å²) in [6.45, 7) is 2.81. The van der Waals surface area contributed by atoms with Crippen LogP contribution in [-0.2, 0) is 17.8 Å². The number of nitrogens with one attached hydrogen (secondary N) is 1. The summed E-state index contributed by atoms with van der Waals surface area (Å²) in [5.74, 6) is -0.256. The van der Waals surface area contributed by atoms with Gasteiger partial charge in [-0.15, -0.1) is 0 Å². The molecule has 2 aromatic carbocycles. The molecule has 1 amide bonds. The van der Waals surface area contributed by atoms with E-state index in [1.807, 2.05) is 36.5 Å². The minimum absolute atomic E-state index is 0.0957. The van der Waals surface area contributed by atoms with E-state index in [2.05, 4.69) is 33.4 Å². The van der Waals surface area contributed by atoms with Gasteiger partial charge in [0.2, 0.25) is 5.91 Å². The lowest BCUT2D eigenvalue weighted by Crippen LogP contribution is -2.33. The van der Waals surface area contributed by atoms with E-state index in [4.69, 9.17) is 0 Å². The zero-order chi connectivity index (χ0) is 20.1. The molecule has 1 N–H and O–H groups in total. The molecule has 1 aliphatic rings. The maximum atomic E-state index is 13.2. The van der Waals surface area contributed by atoms with Gasteiger partial charge in [0.25, 0.3) is 0 Å². The van der Waals surface area contributed by atoms with Crippen molar-refractivity contribution in [1.82, 2.24) is 15.2 Å². The van der Waals surface area contributed by atoms with Crippen molar-refractivity contribution in [3.8, 4) is 11.1 Å². The fourth-order valence-corrected chi connectivity index (χ4v) is 3.81. The Balaban J connectivity index is 1.47. The first-order valence-electron chi connectivity index (χ1n) is 9.91. The highest BCUT2D eigenvalue weighted by Crippen LogP contribution is 2.22. The number of hydrogen-bond donors (Lipinski definition) is 1. The zero-order valence-electron chi connectivity index (χ0n) is 16.2. The topological polar surface area (TPSA) is 45.2 Å². The van der Waals surface area contributed by atoms with Crippen LogP contribution in [0, 0.1) is 11.7 Å². The summed E-state index contributed by atoms with van der Waals surface area (Å²) in [4.78, 5) is 19.1. The monoisotopic (exact) mass is 389 g/mol. The number of rotatable bonds is 5. The lowest BCUT2D eigenvalue weighted by molar-refractivity contribution is -0.124. The number of benzene rings is 2. The molecule has 29 heavy (non-hydrogen) atoms. The predicted octanol–water partition coefficient (Wildman–Crippen LogP) is 3.68. The molecule has 1 atom stereocenters. The van der Waals surface area contributed by atoms with Crippen molar-refractivity contribution in [2.45, 2.75) is 13.0 Å². The van der Waals surface area contributed by atoms with Gasteiger partial charge in [-0.2, -0.15) is 0 Å². The highest BCUT2D eigenvalue weighted by Gasteiger charge is 2.25. The van der Waals surface area contributed by atoms with Crippen LogP contribution >= 0.6 is 0 Å². The molecule has 5 heteroatoms. The second-order valence-electron chi connectivity index (χ2n) is 7.50. The van der Waals surface area contributed by atoms with Crippen LogP contribution in [0.25, 0.3) is 11.1 Å². The van der Waals surface area contributed by atoms with Crippen LogP contribution in [0.3, 0.4) is 0 Å². The van der Waals surface area contributed by atoms with Crippen LogP contribution in [0.2, 0.25) is 0 Å². The predicted molar refractivity (Wildman–Crippen MR) is 112 cm³/mol.